The molecule has 0 aliphatic carbocycles. The highest BCUT2D eigenvalue weighted by Gasteiger charge is 2.15. The maximum absolute atomic E-state index is 3.75. The zero-order chi connectivity index (χ0) is 21.5. The van der Waals surface area contributed by atoms with E-state index in [0.29, 0.717) is 0 Å². The van der Waals surface area contributed by atoms with E-state index in [0.717, 1.165) is 5.69 Å². The van der Waals surface area contributed by atoms with Gasteiger partial charge in [-0.15, -0.1) is 0 Å². The lowest BCUT2D eigenvalue weighted by molar-refractivity contribution is 1.47. The Hall–Kier alpha value is -4.36. The molecule has 0 aliphatic rings. The van der Waals surface area contributed by atoms with Gasteiger partial charge in [-0.1, -0.05) is 91.0 Å². The summed E-state index contributed by atoms with van der Waals surface area (Å²) in [5.41, 5.74) is 3.60. The molecule has 152 valence electrons. The minimum Gasteiger partial charge on any atom is -0.354 e. The molecule has 1 heteroatoms. The summed E-state index contributed by atoms with van der Waals surface area (Å²) in [6.45, 7) is 0. The van der Waals surface area contributed by atoms with Crippen LogP contribution in [0.5, 0.6) is 0 Å². The largest absolute Gasteiger partial charge is 0.354 e. The molecule has 0 spiro atoms. The molecule has 0 unspecified atom stereocenters. The molecule has 1 aromatic heterocycles. The zero-order valence-electron chi connectivity index (χ0n) is 17.9. The van der Waals surface area contributed by atoms with E-state index in [9.17, 15) is 0 Å². The third-order valence-electron chi connectivity index (χ3n) is 7.29. The van der Waals surface area contributed by atoms with Crippen LogP contribution in [0.3, 0.4) is 0 Å². The molecule has 8 aromatic rings. The number of rotatable bonds is 1. The van der Waals surface area contributed by atoms with Gasteiger partial charge in [0.25, 0.3) is 0 Å². The van der Waals surface area contributed by atoms with Crippen LogP contribution < -0.4 is 0 Å². The van der Waals surface area contributed by atoms with Crippen LogP contribution in [0.4, 0.5) is 0 Å². The molecule has 0 saturated heterocycles. The van der Waals surface area contributed by atoms with Crippen LogP contribution in [0, 0.1) is 0 Å². The first kappa shape index (κ1) is 17.2. The number of nitrogens with one attached hydrogen (secondary N) is 1. The fraction of sp³-hybridized carbons (Fsp3) is 0. The van der Waals surface area contributed by atoms with E-state index in [1.165, 1.54) is 70.3 Å². The van der Waals surface area contributed by atoms with Gasteiger partial charge in [-0.2, -0.15) is 0 Å². The lowest BCUT2D eigenvalue weighted by Gasteiger charge is -2.15. The first-order valence-electron chi connectivity index (χ1n) is 11.5. The van der Waals surface area contributed by atoms with Gasteiger partial charge in [0.2, 0.25) is 0 Å². The van der Waals surface area contributed by atoms with Gasteiger partial charge < -0.3 is 4.98 Å². The number of benzene rings is 7. The predicted octanol–water partition coefficient (Wildman–Crippen LogP) is 9.04. The van der Waals surface area contributed by atoms with E-state index in [1.807, 2.05) is 0 Å². The second kappa shape index (κ2) is 6.11. The highest BCUT2D eigenvalue weighted by molar-refractivity contribution is 6.33. The normalized spacial score (nSPS) is 12.2. The average Bonchev–Trinajstić information content (AvgIpc) is 3.32. The van der Waals surface area contributed by atoms with E-state index in [1.54, 1.807) is 0 Å². The van der Waals surface area contributed by atoms with Gasteiger partial charge in [0.15, 0.2) is 0 Å². The molecule has 0 bridgehead atoms. The van der Waals surface area contributed by atoms with Crippen LogP contribution >= 0.6 is 0 Å². The SMILES string of the molecule is c1ccc2c(c1)ccc1cc(-c3cc4cccc5c6cccc7cccc(c(c3)c45)c76)[nH]c12. The van der Waals surface area contributed by atoms with Crippen LogP contribution in [0.1, 0.15) is 0 Å². The fourth-order valence-electron chi connectivity index (χ4n) is 5.84. The van der Waals surface area contributed by atoms with Crippen LogP contribution in [0.2, 0.25) is 0 Å². The van der Waals surface area contributed by atoms with Crippen molar-refractivity contribution in [1.29, 1.82) is 0 Å². The van der Waals surface area contributed by atoms with Crippen molar-refractivity contribution in [2.45, 2.75) is 0 Å². The van der Waals surface area contributed by atoms with E-state index < -0.39 is 0 Å². The Morgan fingerprint density at radius 2 is 1.00 bits per heavy atom. The lowest BCUT2D eigenvalue weighted by atomic mass is 9.88. The summed E-state index contributed by atoms with van der Waals surface area (Å²) < 4.78 is 0. The second-order valence-corrected chi connectivity index (χ2v) is 9.07. The van der Waals surface area contributed by atoms with E-state index >= 15 is 0 Å². The summed E-state index contributed by atoms with van der Waals surface area (Å²) in [5, 5.41) is 14.4. The zero-order valence-corrected chi connectivity index (χ0v) is 17.9. The molecule has 7 aromatic carbocycles. The minimum atomic E-state index is 1.16. The van der Waals surface area contributed by atoms with Gasteiger partial charge in [0, 0.05) is 16.5 Å². The Labute approximate surface area is 190 Å². The molecule has 0 fully saturated rings. The highest BCUT2D eigenvalue weighted by atomic mass is 14.7. The first-order valence-corrected chi connectivity index (χ1v) is 11.5. The second-order valence-electron chi connectivity index (χ2n) is 9.07. The summed E-state index contributed by atoms with van der Waals surface area (Å²) in [4.78, 5) is 3.75. The summed E-state index contributed by atoms with van der Waals surface area (Å²) in [6, 6.07) is 40.1. The minimum absolute atomic E-state index is 1.16. The van der Waals surface area contributed by atoms with Crippen molar-refractivity contribution in [3.63, 3.8) is 0 Å². The van der Waals surface area contributed by atoms with Crippen LogP contribution in [-0.2, 0) is 0 Å². The Morgan fingerprint density at radius 3 is 1.82 bits per heavy atom. The molecule has 8 rings (SSSR count). The molecular formula is C32H19N. The quantitative estimate of drug-likeness (QED) is 0.202. The van der Waals surface area contributed by atoms with E-state index in [2.05, 4.69) is 114 Å². The van der Waals surface area contributed by atoms with Crippen molar-refractivity contribution in [2.75, 3.05) is 0 Å². The number of H-pyrrole nitrogens is 1. The number of aromatic nitrogens is 1. The monoisotopic (exact) mass is 417 g/mol. The van der Waals surface area contributed by atoms with Crippen molar-refractivity contribution >= 4 is 64.8 Å². The van der Waals surface area contributed by atoms with Crippen molar-refractivity contribution in [3.8, 4) is 11.3 Å². The van der Waals surface area contributed by atoms with Gasteiger partial charge >= 0.3 is 0 Å². The average molecular weight is 418 g/mol. The molecule has 0 aliphatic heterocycles. The van der Waals surface area contributed by atoms with Gasteiger partial charge in [-0.25, -0.2) is 0 Å². The number of hydrogen-bond acceptors (Lipinski definition) is 0. The van der Waals surface area contributed by atoms with Crippen molar-refractivity contribution in [3.05, 3.63) is 109 Å². The molecule has 1 heterocycles. The Morgan fingerprint density at radius 1 is 0.394 bits per heavy atom. The van der Waals surface area contributed by atoms with Gasteiger partial charge in [0.05, 0.1) is 5.52 Å². The molecular weight excluding hydrogens is 398 g/mol. The number of hydrogen-bond donors (Lipinski definition) is 1. The summed E-state index contributed by atoms with van der Waals surface area (Å²) in [7, 11) is 0. The van der Waals surface area contributed by atoms with Crippen LogP contribution in [0.25, 0.3) is 76.0 Å². The maximum Gasteiger partial charge on any atom is 0.0538 e. The van der Waals surface area contributed by atoms with Crippen LogP contribution in [-0.4, -0.2) is 4.98 Å². The van der Waals surface area contributed by atoms with Gasteiger partial charge in [-0.05, 0) is 72.2 Å². The molecule has 1 N–H and O–H groups in total. The molecule has 0 amide bonds. The molecule has 33 heavy (non-hydrogen) atoms. The third kappa shape index (κ3) is 2.26. The fourth-order valence-corrected chi connectivity index (χ4v) is 5.84. The molecule has 0 radical (unpaired) electrons. The van der Waals surface area contributed by atoms with Crippen molar-refractivity contribution in [2.24, 2.45) is 0 Å². The number of fused-ring (bicyclic) bond motifs is 5. The lowest BCUT2D eigenvalue weighted by Crippen LogP contribution is -1.88. The predicted molar refractivity (Wildman–Crippen MR) is 142 cm³/mol. The molecule has 0 saturated carbocycles. The smallest absolute Gasteiger partial charge is 0.0538 e. The Bertz CT molecular complexity index is 2020. The highest BCUT2D eigenvalue weighted by Crippen LogP contribution is 2.42. The summed E-state index contributed by atoms with van der Waals surface area (Å²) in [6.07, 6.45) is 0. The van der Waals surface area contributed by atoms with Gasteiger partial charge in [-0.3, -0.25) is 0 Å². The topological polar surface area (TPSA) is 15.8 Å². The number of aromatic amines is 1. The standard InChI is InChI=1S/C32H19N/c1-2-10-24-19(6-1)14-15-22-18-29(33-32(22)24)23-16-21-9-5-12-26-25-11-3-7-20-8-4-13-27(30(20)25)28(17-23)31(21)26/h1-18,33H. The van der Waals surface area contributed by atoms with E-state index in [-0.39, 0.29) is 0 Å². The summed E-state index contributed by atoms with van der Waals surface area (Å²) >= 11 is 0. The molecule has 1 nitrogen and oxygen atoms in total. The first-order chi connectivity index (χ1) is 16.3. The van der Waals surface area contributed by atoms with Crippen molar-refractivity contribution in [1.82, 2.24) is 4.98 Å². The molecule has 0 atom stereocenters. The van der Waals surface area contributed by atoms with E-state index in [4.69, 9.17) is 0 Å². The van der Waals surface area contributed by atoms with Crippen molar-refractivity contribution < 1.29 is 0 Å². The third-order valence-corrected chi connectivity index (χ3v) is 7.29. The Kier molecular flexibility index (Phi) is 3.19. The summed E-state index contributed by atoms with van der Waals surface area (Å²) in [5.74, 6) is 0. The van der Waals surface area contributed by atoms with Gasteiger partial charge in [0.1, 0.15) is 0 Å². The van der Waals surface area contributed by atoms with Crippen LogP contribution in [0.15, 0.2) is 109 Å². The Balaban J connectivity index is 1.51. The maximum atomic E-state index is 3.75.